The molecule has 1 rings (SSSR count). The van der Waals surface area contributed by atoms with Gasteiger partial charge in [0.1, 0.15) is 0 Å². The fourth-order valence-electron chi connectivity index (χ4n) is 2.28. The highest BCUT2D eigenvalue weighted by Gasteiger charge is 2.25. The SMILES string of the molecule is Cc1c(NC(=O)N(C)CC(C)C(=O)O)cccc1S(=O)(=O)NC(C)(C)C. The molecule has 8 nitrogen and oxygen atoms in total. The van der Waals surface area contributed by atoms with E-state index in [1.165, 1.54) is 24.9 Å². The van der Waals surface area contributed by atoms with Crippen LogP contribution in [0.15, 0.2) is 23.1 Å². The van der Waals surface area contributed by atoms with E-state index in [2.05, 4.69) is 10.0 Å². The molecule has 0 radical (unpaired) electrons. The summed E-state index contributed by atoms with van der Waals surface area (Å²) in [6.45, 7) is 8.36. The molecule has 0 bridgehead atoms. The van der Waals surface area contributed by atoms with E-state index in [9.17, 15) is 18.0 Å². The smallest absolute Gasteiger partial charge is 0.321 e. The molecule has 1 aromatic carbocycles. The van der Waals surface area contributed by atoms with Crippen LogP contribution in [0.4, 0.5) is 10.5 Å². The molecule has 0 fully saturated rings. The molecule has 0 aliphatic rings. The third kappa shape index (κ3) is 5.99. The van der Waals surface area contributed by atoms with Gasteiger partial charge in [-0.05, 0) is 45.4 Å². The highest BCUT2D eigenvalue weighted by Crippen LogP contribution is 2.24. The van der Waals surface area contributed by atoms with Crippen molar-refractivity contribution in [1.29, 1.82) is 0 Å². The Morgan fingerprint density at radius 2 is 1.85 bits per heavy atom. The van der Waals surface area contributed by atoms with Crippen LogP contribution in [-0.4, -0.2) is 49.6 Å². The second-order valence-corrected chi connectivity index (χ2v) is 8.98. The van der Waals surface area contributed by atoms with Gasteiger partial charge in [0.2, 0.25) is 10.0 Å². The minimum absolute atomic E-state index is 0.0315. The fourth-order valence-corrected chi connectivity index (χ4v) is 3.97. The Kier molecular flexibility index (Phi) is 6.78. The molecular formula is C17H27N3O5S. The number of urea groups is 1. The number of sulfonamides is 1. The summed E-state index contributed by atoms with van der Waals surface area (Å²) in [6, 6.07) is 4.09. The summed E-state index contributed by atoms with van der Waals surface area (Å²) in [5.41, 5.74) is 0.108. The molecule has 0 heterocycles. The van der Waals surface area contributed by atoms with Crippen molar-refractivity contribution in [3.05, 3.63) is 23.8 Å². The Labute approximate surface area is 154 Å². The standard InChI is InChI=1S/C17H27N3O5S/c1-11(15(21)22)10-20(6)16(23)18-13-8-7-9-14(12(13)2)26(24,25)19-17(3,4)5/h7-9,11,19H,10H2,1-6H3,(H,18,23)(H,21,22). The largest absolute Gasteiger partial charge is 0.481 e. The number of carbonyl (C=O) groups excluding carboxylic acids is 1. The van der Waals surface area contributed by atoms with Crippen molar-refractivity contribution in [3.8, 4) is 0 Å². The molecule has 0 saturated carbocycles. The minimum atomic E-state index is -3.75. The number of nitrogens with one attached hydrogen (secondary N) is 2. The van der Waals surface area contributed by atoms with Gasteiger partial charge in [-0.3, -0.25) is 4.79 Å². The first-order chi connectivity index (χ1) is 11.7. The van der Waals surface area contributed by atoms with Gasteiger partial charge in [-0.2, -0.15) is 0 Å². The molecule has 0 saturated heterocycles. The van der Waals surface area contributed by atoms with Crippen LogP contribution < -0.4 is 10.0 Å². The first-order valence-electron chi connectivity index (χ1n) is 8.13. The van der Waals surface area contributed by atoms with E-state index >= 15 is 0 Å². The van der Waals surface area contributed by atoms with Gasteiger partial charge >= 0.3 is 12.0 Å². The van der Waals surface area contributed by atoms with E-state index < -0.39 is 33.5 Å². The van der Waals surface area contributed by atoms with Crippen LogP contribution in [0.5, 0.6) is 0 Å². The van der Waals surface area contributed by atoms with Crippen molar-refractivity contribution in [2.24, 2.45) is 5.92 Å². The number of hydrogen-bond donors (Lipinski definition) is 3. The first-order valence-corrected chi connectivity index (χ1v) is 9.61. The zero-order valence-electron chi connectivity index (χ0n) is 16.0. The summed E-state index contributed by atoms with van der Waals surface area (Å²) < 4.78 is 27.7. The van der Waals surface area contributed by atoms with Crippen molar-refractivity contribution in [2.45, 2.75) is 45.1 Å². The van der Waals surface area contributed by atoms with Gasteiger partial charge in [-0.15, -0.1) is 0 Å². The molecule has 0 aliphatic heterocycles. The summed E-state index contributed by atoms with van der Waals surface area (Å²) >= 11 is 0. The fraction of sp³-hybridized carbons (Fsp3) is 0.529. The van der Waals surface area contributed by atoms with Gasteiger partial charge < -0.3 is 15.3 Å². The molecule has 0 aliphatic carbocycles. The summed E-state index contributed by atoms with van der Waals surface area (Å²) in [6.07, 6.45) is 0. The maximum absolute atomic E-state index is 12.6. The Bertz CT molecular complexity index is 784. The molecular weight excluding hydrogens is 358 g/mol. The number of carbonyl (C=O) groups is 2. The van der Waals surface area contributed by atoms with Crippen LogP contribution >= 0.6 is 0 Å². The molecule has 2 amide bonds. The lowest BCUT2D eigenvalue weighted by molar-refractivity contribution is -0.141. The van der Waals surface area contributed by atoms with E-state index in [0.29, 0.717) is 11.3 Å². The summed E-state index contributed by atoms with van der Waals surface area (Å²) in [5.74, 6) is -1.71. The molecule has 1 atom stereocenters. The average Bonchev–Trinajstić information content (AvgIpc) is 2.46. The van der Waals surface area contributed by atoms with Crippen LogP contribution in [0, 0.1) is 12.8 Å². The van der Waals surface area contributed by atoms with Gasteiger partial charge in [0.05, 0.1) is 10.8 Å². The van der Waals surface area contributed by atoms with Crippen LogP contribution in [-0.2, 0) is 14.8 Å². The molecule has 0 aromatic heterocycles. The molecule has 26 heavy (non-hydrogen) atoms. The summed E-state index contributed by atoms with van der Waals surface area (Å²) in [4.78, 5) is 24.5. The van der Waals surface area contributed by atoms with Crippen molar-refractivity contribution in [1.82, 2.24) is 9.62 Å². The van der Waals surface area contributed by atoms with Gasteiger partial charge in [0, 0.05) is 24.8 Å². The maximum Gasteiger partial charge on any atom is 0.321 e. The number of benzene rings is 1. The predicted octanol–water partition coefficient (Wildman–Crippen LogP) is 2.26. The Balaban J connectivity index is 3.03. The normalized spacial score (nSPS) is 13.2. The van der Waals surface area contributed by atoms with Crippen molar-refractivity contribution >= 4 is 27.7 Å². The van der Waals surface area contributed by atoms with Crippen LogP contribution in [0.1, 0.15) is 33.3 Å². The molecule has 146 valence electrons. The zero-order chi connectivity index (χ0) is 20.3. The average molecular weight is 385 g/mol. The summed E-state index contributed by atoms with van der Waals surface area (Å²) in [7, 11) is -2.27. The van der Waals surface area contributed by atoms with Crippen molar-refractivity contribution in [3.63, 3.8) is 0 Å². The molecule has 0 spiro atoms. The highest BCUT2D eigenvalue weighted by molar-refractivity contribution is 7.89. The zero-order valence-corrected chi connectivity index (χ0v) is 16.8. The quantitative estimate of drug-likeness (QED) is 0.695. The second-order valence-electron chi connectivity index (χ2n) is 7.33. The van der Waals surface area contributed by atoms with Crippen molar-refractivity contribution < 1.29 is 23.1 Å². The molecule has 3 N–H and O–H groups in total. The number of hydrogen-bond acceptors (Lipinski definition) is 4. The van der Waals surface area contributed by atoms with E-state index in [-0.39, 0.29) is 11.4 Å². The maximum atomic E-state index is 12.6. The Morgan fingerprint density at radius 3 is 2.35 bits per heavy atom. The van der Waals surface area contributed by atoms with Gasteiger partial charge in [0.15, 0.2) is 0 Å². The third-order valence-corrected chi connectivity index (χ3v) is 5.47. The lowest BCUT2D eigenvalue weighted by Crippen LogP contribution is -2.40. The van der Waals surface area contributed by atoms with E-state index in [4.69, 9.17) is 5.11 Å². The van der Waals surface area contributed by atoms with E-state index in [1.54, 1.807) is 39.8 Å². The van der Waals surface area contributed by atoms with Gasteiger partial charge in [-0.1, -0.05) is 13.0 Å². The Hall–Kier alpha value is -2.13. The van der Waals surface area contributed by atoms with E-state index in [0.717, 1.165) is 0 Å². The van der Waals surface area contributed by atoms with E-state index in [1.807, 2.05) is 0 Å². The number of carboxylic acid groups (broad SMARTS) is 1. The summed E-state index contributed by atoms with van der Waals surface area (Å²) in [5, 5.41) is 11.6. The Morgan fingerprint density at radius 1 is 1.27 bits per heavy atom. The third-order valence-electron chi connectivity index (χ3n) is 3.57. The number of nitrogens with zero attached hydrogens (tertiary/aromatic N) is 1. The number of rotatable bonds is 6. The van der Waals surface area contributed by atoms with Gasteiger partial charge in [-0.25, -0.2) is 17.9 Å². The number of amides is 2. The second kappa shape index (κ2) is 8.05. The topological polar surface area (TPSA) is 116 Å². The highest BCUT2D eigenvalue weighted by atomic mass is 32.2. The molecule has 9 heteroatoms. The number of carboxylic acids is 1. The van der Waals surface area contributed by atoms with Crippen LogP contribution in [0.25, 0.3) is 0 Å². The van der Waals surface area contributed by atoms with Crippen LogP contribution in [0.2, 0.25) is 0 Å². The predicted molar refractivity (Wildman–Crippen MR) is 99.7 cm³/mol. The lowest BCUT2D eigenvalue weighted by atomic mass is 10.1. The van der Waals surface area contributed by atoms with Crippen molar-refractivity contribution in [2.75, 3.05) is 18.9 Å². The lowest BCUT2D eigenvalue weighted by Gasteiger charge is -2.23. The number of anilines is 1. The molecule has 1 aromatic rings. The van der Waals surface area contributed by atoms with Crippen LogP contribution in [0.3, 0.4) is 0 Å². The number of aliphatic carboxylic acids is 1. The van der Waals surface area contributed by atoms with Gasteiger partial charge in [0.25, 0.3) is 0 Å². The monoisotopic (exact) mass is 385 g/mol. The molecule has 1 unspecified atom stereocenters. The minimum Gasteiger partial charge on any atom is -0.481 e. The first kappa shape index (κ1) is 21.9.